The highest BCUT2D eigenvalue weighted by atomic mass is 16.7. The lowest BCUT2D eigenvalue weighted by molar-refractivity contribution is -0.117. The van der Waals surface area contributed by atoms with Crippen molar-refractivity contribution < 1.29 is 14.4 Å². The fourth-order valence-corrected chi connectivity index (χ4v) is 0.711. The standard InChI is InChI=1S/C8H7NO3/c10-6-9-12-8(11)7-4-2-1-3-5-7/h1-6H,(H,9,10). The largest absolute Gasteiger partial charge is 0.362 e. The van der Waals surface area contributed by atoms with Crippen molar-refractivity contribution in [3.05, 3.63) is 35.9 Å². The number of rotatable bonds is 3. The molecule has 0 aliphatic rings. The Labute approximate surface area is 69.1 Å². The van der Waals surface area contributed by atoms with Gasteiger partial charge in [-0.2, -0.15) is 5.48 Å². The third-order valence-corrected chi connectivity index (χ3v) is 1.21. The fraction of sp³-hybridized carbons (Fsp3) is 0. The second kappa shape index (κ2) is 4.12. The van der Waals surface area contributed by atoms with Crippen molar-refractivity contribution in [2.45, 2.75) is 0 Å². The molecule has 0 heterocycles. The molecule has 1 rings (SSSR count). The minimum atomic E-state index is -0.581. The summed E-state index contributed by atoms with van der Waals surface area (Å²) in [6, 6.07) is 8.38. The normalized spacial score (nSPS) is 8.67. The first kappa shape index (κ1) is 8.26. The van der Waals surface area contributed by atoms with Crippen molar-refractivity contribution >= 4 is 12.4 Å². The van der Waals surface area contributed by atoms with Crippen LogP contribution in [-0.2, 0) is 9.63 Å². The Balaban J connectivity index is 2.59. The summed E-state index contributed by atoms with van der Waals surface area (Å²) in [5.41, 5.74) is 2.21. The number of hydrogen-bond donors (Lipinski definition) is 1. The number of hydroxylamine groups is 1. The van der Waals surface area contributed by atoms with E-state index >= 15 is 0 Å². The first-order valence-corrected chi connectivity index (χ1v) is 3.30. The molecule has 0 aromatic heterocycles. The van der Waals surface area contributed by atoms with E-state index in [1.165, 1.54) is 0 Å². The topological polar surface area (TPSA) is 55.4 Å². The molecule has 1 aromatic carbocycles. The van der Waals surface area contributed by atoms with Crippen LogP contribution in [0.2, 0.25) is 0 Å². The number of carbonyl (C=O) groups excluding carboxylic acids is 2. The molecule has 62 valence electrons. The van der Waals surface area contributed by atoms with Gasteiger partial charge in [0.2, 0.25) is 6.41 Å². The van der Waals surface area contributed by atoms with Gasteiger partial charge in [-0.3, -0.25) is 4.79 Å². The van der Waals surface area contributed by atoms with E-state index in [0.717, 1.165) is 0 Å². The third kappa shape index (κ3) is 2.09. The summed E-state index contributed by atoms with van der Waals surface area (Å²) in [6.45, 7) is 0. The fourth-order valence-electron chi connectivity index (χ4n) is 0.711. The number of carbonyl (C=O) groups is 2. The molecule has 0 saturated carbocycles. The van der Waals surface area contributed by atoms with Crippen LogP contribution in [-0.4, -0.2) is 12.4 Å². The quantitative estimate of drug-likeness (QED) is 0.524. The Hall–Kier alpha value is -1.84. The van der Waals surface area contributed by atoms with Gasteiger partial charge in [0, 0.05) is 0 Å². The van der Waals surface area contributed by atoms with Crippen LogP contribution < -0.4 is 5.48 Å². The molecule has 0 radical (unpaired) electrons. The molecule has 4 heteroatoms. The molecule has 0 atom stereocenters. The Kier molecular flexibility index (Phi) is 2.84. The summed E-state index contributed by atoms with van der Waals surface area (Å²) in [5.74, 6) is -0.581. The predicted octanol–water partition coefficient (Wildman–Crippen LogP) is 0.504. The van der Waals surface area contributed by atoms with Crippen molar-refractivity contribution in [3.8, 4) is 0 Å². The van der Waals surface area contributed by atoms with E-state index in [0.29, 0.717) is 12.0 Å². The average molecular weight is 165 g/mol. The van der Waals surface area contributed by atoms with Crippen LogP contribution in [0.3, 0.4) is 0 Å². The van der Waals surface area contributed by atoms with Crippen LogP contribution in [0.15, 0.2) is 30.3 Å². The lowest BCUT2D eigenvalue weighted by atomic mass is 10.2. The molecule has 12 heavy (non-hydrogen) atoms. The molecule has 0 aliphatic heterocycles. The van der Waals surface area contributed by atoms with Crippen LogP contribution >= 0.6 is 0 Å². The zero-order valence-corrected chi connectivity index (χ0v) is 6.19. The monoisotopic (exact) mass is 165 g/mol. The summed E-state index contributed by atoms with van der Waals surface area (Å²) in [4.78, 5) is 25.0. The molecule has 4 nitrogen and oxygen atoms in total. The molecule has 0 unspecified atom stereocenters. The van der Waals surface area contributed by atoms with Crippen LogP contribution in [0.4, 0.5) is 0 Å². The minimum Gasteiger partial charge on any atom is -0.336 e. The van der Waals surface area contributed by atoms with E-state index in [-0.39, 0.29) is 0 Å². The van der Waals surface area contributed by atoms with Gasteiger partial charge < -0.3 is 4.84 Å². The van der Waals surface area contributed by atoms with E-state index < -0.39 is 5.97 Å². The van der Waals surface area contributed by atoms with Gasteiger partial charge >= 0.3 is 5.97 Å². The molecule has 1 N–H and O–H groups in total. The number of nitrogens with one attached hydrogen (secondary N) is 1. The highest BCUT2D eigenvalue weighted by molar-refractivity contribution is 5.89. The molecule has 0 aliphatic carbocycles. The summed E-state index contributed by atoms with van der Waals surface area (Å²) in [6.07, 6.45) is 0.292. The zero-order valence-electron chi connectivity index (χ0n) is 6.19. The van der Waals surface area contributed by atoms with Gasteiger partial charge in [0.15, 0.2) is 0 Å². The van der Waals surface area contributed by atoms with E-state index in [1.54, 1.807) is 30.3 Å². The van der Waals surface area contributed by atoms with Gasteiger partial charge in [-0.05, 0) is 12.1 Å². The molecule has 1 aromatic rings. The van der Waals surface area contributed by atoms with Crippen molar-refractivity contribution in [3.63, 3.8) is 0 Å². The maximum Gasteiger partial charge on any atom is 0.362 e. The molecule has 0 fully saturated rings. The second-order valence-corrected chi connectivity index (χ2v) is 1.99. The zero-order chi connectivity index (χ0) is 8.81. The second-order valence-electron chi connectivity index (χ2n) is 1.99. The average Bonchev–Trinajstić information content (AvgIpc) is 2.15. The van der Waals surface area contributed by atoms with Crippen molar-refractivity contribution in [2.75, 3.05) is 0 Å². The van der Waals surface area contributed by atoms with Crippen LogP contribution in [0, 0.1) is 0 Å². The van der Waals surface area contributed by atoms with Gasteiger partial charge in [-0.15, -0.1) is 0 Å². The Morgan fingerprint density at radius 2 is 2.00 bits per heavy atom. The van der Waals surface area contributed by atoms with Gasteiger partial charge in [0.1, 0.15) is 0 Å². The van der Waals surface area contributed by atoms with E-state index in [2.05, 4.69) is 4.84 Å². The van der Waals surface area contributed by atoms with Crippen LogP contribution in [0.5, 0.6) is 0 Å². The number of hydrogen-bond acceptors (Lipinski definition) is 3. The summed E-state index contributed by atoms with van der Waals surface area (Å²) < 4.78 is 0. The lowest BCUT2D eigenvalue weighted by Crippen LogP contribution is -2.17. The highest BCUT2D eigenvalue weighted by Crippen LogP contribution is 1.98. The van der Waals surface area contributed by atoms with E-state index in [1.807, 2.05) is 5.48 Å². The van der Waals surface area contributed by atoms with Crippen LogP contribution in [0.25, 0.3) is 0 Å². The first-order valence-electron chi connectivity index (χ1n) is 3.30. The van der Waals surface area contributed by atoms with Crippen molar-refractivity contribution in [2.24, 2.45) is 0 Å². The van der Waals surface area contributed by atoms with Gasteiger partial charge in [0.25, 0.3) is 0 Å². The van der Waals surface area contributed by atoms with Gasteiger partial charge in [-0.1, -0.05) is 18.2 Å². The predicted molar refractivity (Wildman–Crippen MR) is 41.1 cm³/mol. The molecular formula is C8H7NO3. The van der Waals surface area contributed by atoms with E-state index in [9.17, 15) is 9.59 Å². The summed E-state index contributed by atoms with van der Waals surface area (Å²) in [5, 5.41) is 0. The Bertz CT molecular complexity index is 271. The smallest absolute Gasteiger partial charge is 0.336 e. The Morgan fingerprint density at radius 1 is 1.33 bits per heavy atom. The third-order valence-electron chi connectivity index (χ3n) is 1.21. The minimum absolute atomic E-state index is 0.292. The Morgan fingerprint density at radius 3 is 2.58 bits per heavy atom. The number of benzene rings is 1. The van der Waals surface area contributed by atoms with E-state index in [4.69, 9.17) is 0 Å². The molecule has 0 spiro atoms. The first-order chi connectivity index (χ1) is 5.84. The molecular weight excluding hydrogens is 158 g/mol. The summed E-state index contributed by atoms with van der Waals surface area (Å²) >= 11 is 0. The maximum absolute atomic E-state index is 11.0. The number of amides is 1. The molecule has 0 bridgehead atoms. The van der Waals surface area contributed by atoms with Crippen LogP contribution in [0.1, 0.15) is 10.4 Å². The molecule has 0 saturated heterocycles. The summed E-state index contributed by atoms with van der Waals surface area (Å²) in [7, 11) is 0. The van der Waals surface area contributed by atoms with Crippen molar-refractivity contribution in [1.29, 1.82) is 0 Å². The lowest BCUT2D eigenvalue weighted by Gasteiger charge is -1.99. The SMILES string of the molecule is O=CNOC(=O)c1ccccc1. The van der Waals surface area contributed by atoms with Gasteiger partial charge in [0.05, 0.1) is 5.56 Å². The maximum atomic E-state index is 11.0. The van der Waals surface area contributed by atoms with Gasteiger partial charge in [-0.25, -0.2) is 4.79 Å². The molecule has 1 amide bonds. The van der Waals surface area contributed by atoms with Crippen molar-refractivity contribution in [1.82, 2.24) is 5.48 Å². The highest BCUT2D eigenvalue weighted by Gasteiger charge is 2.04.